The van der Waals surface area contributed by atoms with Crippen molar-refractivity contribution in [2.75, 3.05) is 13.1 Å². The molecule has 0 atom stereocenters. The SMILES string of the molecule is O=C(Cn1nnnc1CN1CCCC1)NCc1nnc2n1CCC2. The van der Waals surface area contributed by atoms with E-state index in [4.69, 9.17) is 0 Å². The van der Waals surface area contributed by atoms with E-state index < -0.39 is 0 Å². The van der Waals surface area contributed by atoms with Gasteiger partial charge in [0.05, 0.1) is 13.1 Å². The average Bonchev–Trinajstić information content (AvgIpc) is 3.32. The average molecular weight is 331 g/mol. The van der Waals surface area contributed by atoms with Gasteiger partial charge < -0.3 is 9.88 Å². The van der Waals surface area contributed by atoms with Gasteiger partial charge in [-0.25, -0.2) is 4.68 Å². The second kappa shape index (κ2) is 6.63. The minimum atomic E-state index is -0.125. The molecule has 10 heteroatoms. The Morgan fingerprint density at radius 2 is 1.92 bits per heavy atom. The molecule has 0 aliphatic carbocycles. The van der Waals surface area contributed by atoms with Crippen molar-refractivity contribution in [1.29, 1.82) is 0 Å². The molecule has 2 aliphatic rings. The highest BCUT2D eigenvalue weighted by Crippen LogP contribution is 2.13. The Hall–Kier alpha value is -2.36. The van der Waals surface area contributed by atoms with Crippen molar-refractivity contribution in [1.82, 2.24) is 45.2 Å². The smallest absolute Gasteiger partial charge is 0.242 e. The largest absolute Gasteiger partial charge is 0.347 e. The number of hydrogen-bond acceptors (Lipinski definition) is 7. The Kier molecular flexibility index (Phi) is 4.20. The van der Waals surface area contributed by atoms with E-state index in [0.717, 1.165) is 49.9 Å². The van der Waals surface area contributed by atoms with Crippen LogP contribution >= 0.6 is 0 Å². The molecule has 1 N–H and O–H groups in total. The van der Waals surface area contributed by atoms with Crippen molar-refractivity contribution in [3.8, 4) is 0 Å². The third kappa shape index (κ3) is 3.14. The second-order valence-corrected chi connectivity index (χ2v) is 6.30. The Morgan fingerprint density at radius 1 is 1.04 bits per heavy atom. The molecule has 0 spiro atoms. The fraction of sp³-hybridized carbons (Fsp3) is 0.714. The highest BCUT2D eigenvalue weighted by molar-refractivity contribution is 5.75. The zero-order valence-electron chi connectivity index (χ0n) is 13.6. The van der Waals surface area contributed by atoms with Crippen LogP contribution in [0.2, 0.25) is 0 Å². The topological polar surface area (TPSA) is 107 Å². The molecule has 0 aromatic carbocycles. The summed E-state index contributed by atoms with van der Waals surface area (Å²) in [6, 6.07) is 0. The number of aromatic nitrogens is 7. The summed E-state index contributed by atoms with van der Waals surface area (Å²) in [7, 11) is 0. The quantitative estimate of drug-likeness (QED) is 0.733. The molecule has 10 nitrogen and oxygen atoms in total. The summed E-state index contributed by atoms with van der Waals surface area (Å²) in [6.45, 7) is 4.26. The van der Waals surface area contributed by atoms with Gasteiger partial charge in [0, 0.05) is 13.0 Å². The van der Waals surface area contributed by atoms with Gasteiger partial charge >= 0.3 is 0 Å². The summed E-state index contributed by atoms with van der Waals surface area (Å²) in [5.41, 5.74) is 0. The molecule has 1 saturated heterocycles. The summed E-state index contributed by atoms with van der Waals surface area (Å²) in [6.07, 6.45) is 4.48. The van der Waals surface area contributed by atoms with Crippen LogP contribution in [0.25, 0.3) is 0 Å². The lowest BCUT2D eigenvalue weighted by atomic mass is 10.4. The number of hydrogen-bond donors (Lipinski definition) is 1. The van der Waals surface area contributed by atoms with Gasteiger partial charge in [0.15, 0.2) is 11.6 Å². The third-order valence-electron chi connectivity index (χ3n) is 4.59. The number of likely N-dealkylation sites (tertiary alicyclic amines) is 1. The molecule has 1 amide bonds. The maximum Gasteiger partial charge on any atom is 0.242 e. The van der Waals surface area contributed by atoms with Crippen LogP contribution < -0.4 is 5.32 Å². The lowest BCUT2D eigenvalue weighted by Crippen LogP contribution is -2.30. The Labute approximate surface area is 139 Å². The lowest BCUT2D eigenvalue weighted by Gasteiger charge is -2.13. The minimum Gasteiger partial charge on any atom is -0.347 e. The molecular weight excluding hydrogens is 310 g/mol. The summed E-state index contributed by atoms with van der Waals surface area (Å²) in [5.74, 6) is 2.42. The Balaban J connectivity index is 1.32. The molecule has 1 fully saturated rings. The molecule has 4 heterocycles. The molecule has 2 aliphatic heterocycles. The first-order valence-electron chi connectivity index (χ1n) is 8.44. The van der Waals surface area contributed by atoms with Crippen molar-refractivity contribution in [2.45, 2.75) is 51.9 Å². The molecule has 2 aromatic heterocycles. The Bertz CT molecular complexity index is 716. The summed E-state index contributed by atoms with van der Waals surface area (Å²) >= 11 is 0. The molecule has 0 saturated carbocycles. The van der Waals surface area contributed by atoms with E-state index >= 15 is 0 Å². The van der Waals surface area contributed by atoms with Gasteiger partial charge in [-0.1, -0.05) is 0 Å². The molecule has 0 radical (unpaired) electrons. The maximum atomic E-state index is 12.2. The van der Waals surface area contributed by atoms with Gasteiger partial charge in [0.1, 0.15) is 12.4 Å². The lowest BCUT2D eigenvalue weighted by molar-refractivity contribution is -0.122. The van der Waals surface area contributed by atoms with E-state index in [1.165, 1.54) is 12.8 Å². The molecule has 24 heavy (non-hydrogen) atoms. The number of nitrogens with zero attached hydrogens (tertiary/aromatic N) is 8. The van der Waals surface area contributed by atoms with Crippen molar-refractivity contribution in [3.63, 3.8) is 0 Å². The zero-order chi connectivity index (χ0) is 16.4. The minimum absolute atomic E-state index is 0.122. The van der Waals surface area contributed by atoms with Crippen molar-refractivity contribution < 1.29 is 4.79 Å². The van der Waals surface area contributed by atoms with Crippen LogP contribution in [0.4, 0.5) is 0 Å². The number of tetrazole rings is 1. The van der Waals surface area contributed by atoms with E-state index in [9.17, 15) is 4.79 Å². The van der Waals surface area contributed by atoms with Crippen LogP contribution in [-0.2, 0) is 37.4 Å². The number of carbonyl (C=O) groups is 1. The van der Waals surface area contributed by atoms with Gasteiger partial charge in [-0.2, -0.15) is 0 Å². The highest BCUT2D eigenvalue weighted by Gasteiger charge is 2.19. The molecule has 0 bridgehead atoms. The predicted molar refractivity (Wildman–Crippen MR) is 82.5 cm³/mol. The molecule has 0 unspecified atom stereocenters. The van der Waals surface area contributed by atoms with E-state index in [2.05, 4.69) is 40.5 Å². The van der Waals surface area contributed by atoms with Gasteiger partial charge in [-0.3, -0.25) is 9.69 Å². The monoisotopic (exact) mass is 331 g/mol. The van der Waals surface area contributed by atoms with E-state index in [1.807, 2.05) is 0 Å². The van der Waals surface area contributed by atoms with Gasteiger partial charge in [-0.05, 0) is 42.8 Å². The van der Waals surface area contributed by atoms with E-state index in [1.54, 1.807) is 4.68 Å². The van der Waals surface area contributed by atoms with Gasteiger partial charge in [-0.15, -0.1) is 15.3 Å². The van der Waals surface area contributed by atoms with E-state index in [-0.39, 0.29) is 12.5 Å². The highest BCUT2D eigenvalue weighted by atomic mass is 16.2. The summed E-state index contributed by atoms with van der Waals surface area (Å²) in [4.78, 5) is 14.5. The van der Waals surface area contributed by atoms with Crippen molar-refractivity contribution >= 4 is 5.91 Å². The standard InChI is InChI=1S/C14H21N9O/c24-14(15-8-12-17-16-11-4-3-7-22(11)12)10-23-13(18-19-20-23)9-21-5-1-2-6-21/h1-10H2,(H,15,24). The number of amides is 1. The number of aryl methyl sites for hydroxylation is 1. The zero-order valence-corrected chi connectivity index (χ0v) is 13.6. The number of nitrogens with one attached hydrogen (secondary N) is 1. The maximum absolute atomic E-state index is 12.2. The van der Waals surface area contributed by atoms with Crippen LogP contribution in [0, 0.1) is 0 Å². The normalized spacial score (nSPS) is 17.3. The van der Waals surface area contributed by atoms with Crippen LogP contribution in [0.15, 0.2) is 0 Å². The first kappa shape index (κ1) is 15.2. The van der Waals surface area contributed by atoms with Crippen molar-refractivity contribution in [2.24, 2.45) is 0 Å². The van der Waals surface area contributed by atoms with Crippen LogP contribution in [0.1, 0.15) is 36.7 Å². The van der Waals surface area contributed by atoms with Crippen LogP contribution in [0.3, 0.4) is 0 Å². The fourth-order valence-corrected chi connectivity index (χ4v) is 3.31. The van der Waals surface area contributed by atoms with Crippen LogP contribution in [-0.4, -0.2) is 58.9 Å². The predicted octanol–water partition coefficient (Wildman–Crippen LogP) is -0.877. The summed E-state index contributed by atoms with van der Waals surface area (Å²) < 4.78 is 3.65. The Morgan fingerprint density at radius 3 is 2.79 bits per heavy atom. The number of fused-ring (bicyclic) bond motifs is 1. The fourth-order valence-electron chi connectivity index (χ4n) is 3.31. The molecule has 128 valence electrons. The first-order chi connectivity index (χ1) is 11.8. The van der Waals surface area contributed by atoms with Gasteiger partial charge in [0.2, 0.25) is 5.91 Å². The summed E-state index contributed by atoms with van der Waals surface area (Å²) in [5, 5.41) is 22.8. The number of carbonyl (C=O) groups excluding carboxylic acids is 1. The van der Waals surface area contributed by atoms with Crippen LogP contribution in [0.5, 0.6) is 0 Å². The third-order valence-corrected chi connectivity index (χ3v) is 4.59. The first-order valence-corrected chi connectivity index (χ1v) is 8.44. The van der Waals surface area contributed by atoms with Gasteiger partial charge in [0.25, 0.3) is 0 Å². The second-order valence-electron chi connectivity index (χ2n) is 6.30. The molecule has 2 aromatic rings. The number of rotatable bonds is 6. The molecule has 4 rings (SSSR count). The van der Waals surface area contributed by atoms with Crippen molar-refractivity contribution in [3.05, 3.63) is 17.5 Å². The van der Waals surface area contributed by atoms with E-state index in [0.29, 0.717) is 13.1 Å². The molecular formula is C14H21N9O.